The zero-order chi connectivity index (χ0) is 18.9. The summed E-state index contributed by atoms with van der Waals surface area (Å²) in [5, 5.41) is 0.298. The van der Waals surface area contributed by atoms with Gasteiger partial charge in [-0.05, 0) is 43.7 Å². The maximum Gasteiger partial charge on any atom is 0.261 e. The van der Waals surface area contributed by atoms with Gasteiger partial charge in [0.25, 0.3) is 10.0 Å². The van der Waals surface area contributed by atoms with Crippen LogP contribution in [0.25, 0.3) is 0 Å². The van der Waals surface area contributed by atoms with Gasteiger partial charge < -0.3 is 4.90 Å². The van der Waals surface area contributed by atoms with Gasteiger partial charge in [-0.15, -0.1) is 0 Å². The van der Waals surface area contributed by atoms with Crippen molar-refractivity contribution in [2.24, 2.45) is 0 Å². The first-order chi connectivity index (χ1) is 12.3. The van der Waals surface area contributed by atoms with Crippen LogP contribution in [0.4, 0.5) is 11.4 Å². The molecule has 0 spiro atoms. The Morgan fingerprint density at radius 3 is 2.38 bits per heavy atom. The summed E-state index contributed by atoms with van der Waals surface area (Å²) in [5.74, 6) is -0.133. The van der Waals surface area contributed by atoms with E-state index in [4.69, 9.17) is 11.6 Å². The highest BCUT2D eigenvalue weighted by Crippen LogP contribution is 2.32. The van der Waals surface area contributed by atoms with E-state index in [1.807, 2.05) is 0 Å². The molecule has 3 rings (SSSR count). The molecule has 0 aromatic heterocycles. The van der Waals surface area contributed by atoms with Gasteiger partial charge in [-0.1, -0.05) is 23.7 Å². The molecular weight excluding hydrogens is 376 g/mol. The molecule has 0 radical (unpaired) electrons. The third-order valence-corrected chi connectivity index (χ3v) is 5.84. The van der Waals surface area contributed by atoms with Crippen molar-refractivity contribution >= 4 is 44.7 Å². The average Bonchev–Trinajstić information content (AvgIpc) is 3.00. The number of carbonyl (C=O) groups excluding carboxylic acids is 2. The zero-order valence-electron chi connectivity index (χ0n) is 14.0. The Morgan fingerprint density at radius 2 is 1.85 bits per heavy atom. The number of Topliss-reactive ketones (excluding diaryl/α,β-unsaturated/α-hetero) is 1. The summed E-state index contributed by atoms with van der Waals surface area (Å²) in [6.45, 7) is 2.02. The van der Waals surface area contributed by atoms with Gasteiger partial charge in [-0.2, -0.15) is 0 Å². The Balaban J connectivity index is 1.82. The molecule has 1 amide bonds. The second kappa shape index (κ2) is 7.09. The molecule has 1 aliphatic rings. The molecule has 1 fully saturated rings. The highest BCUT2D eigenvalue weighted by molar-refractivity contribution is 7.92. The number of benzene rings is 2. The number of hydrogen-bond acceptors (Lipinski definition) is 4. The van der Waals surface area contributed by atoms with Crippen molar-refractivity contribution in [3.8, 4) is 0 Å². The summed E-state index contributed by atoms with van der Waals surface area (Å²) in [6, 6.07) is 10.3. The number of nitrogens with one attached hydrogen (secondary N) is 1. The summed E-state index contributed by atoms with van der Waals surface area (Å²) in [4.78, 5) is 24.8. The zero-order valence-corrected chi connectivity index (χ0v) is 15.6. The Bertz CT molecular complexity index is 971. The smallest absolute Gasteiger partial charge is 0.261 e. The number of amides is 1. The first-order valence-corrected chi connectivity index (χ1v) is 9.88. The summed E-state index contributed by atoms with van der Waals surface area (Å²) < 4.78 is 27.4. The van der Waals surface area contributed by atoms with Gasteiger partial charge >= 0.3 is 0 Å². The number of nitrogens with zero attached hydrogens (tertiary/aromatic N) is 1. The van der Waals surface area contributed by atoms with Crippen LogP contribution in [0.1, 0.15) is 30.1 Å². The van der Waals surface area contributed by atoms with E-state index < -0.39 is 10.0 Å². The molecule has 6 nitrogen and oxygen atoms in total. The topological polar surface area (TPSA) is 83.6 Å². The summed E-state index contributed by atoms with van der Waals surface area (Å²) in [6.07, 6.45) is 1.26. The van der Waals surface area contributed by atoms with Gasteiger partial charge in [0.15, 0.2) is 5.78 Å². The highest BCUT2D eigenvalue weighted by atomic mass is 35.5. The Labute approximate surface area is 156 Å². The standard InChI is InChI=1S/C18H17ClN2O4S/c1-12(22)13-4-7-15(8-5-13)26(24,25)20-14-6-9-17(16(19)11-14)21-10-2-3-18(21)23/h4-9,11,20H,2-3,10H2,1H3. The molecule has 1 heterocycles. The molecule has 1 saturated heterocycles. The lowest BCUT2D eigenvalue weighted by Crippen LogP contribution is -2.24. The van der Waals surface area contributed by atoms with E-state index in [-0.39, 0.29) is 16.6 Å². The number of sulfonamides is 1. The normalized spacial score (nSPS) is 14.5. The summed E-state index contributed by atoms with van der Waals surface area (Å²) in [7, 11) is -3.82. The molecule has 136 valence electrons. The van der Waals surface area contributed by atoms with Crippen molar-refractivity contribution in [3.63, 3.8) is 0 Å². The minimum Gasteiger partial charge on any atom is -0.311 e. The number of rotatable bonds is 5. The molecule has 2 aromatic rings. The molecule has 2 aromatic carbocycles. The maximum absolute atomic E-state index is 12.5. The predicted molar refractivity (Wildman–Crippen MR) is 100 cm³/mol. The first-order valence-electron chi connectivity index (χ1n) is 8.02. The van der Waals surface area contributed by atoms with Crippen molar-refractivity contribution < 1.29 is 18.0 Å². The van der Waals surface area contributed by atoms with Crippen LogP contribution < -0.4 is 9.62 Å². The third-order valence-electron chi connectivity index (χ3n) is 4.14. The van der Waals surface area contributed by atoms with Crippen molar-refractivity contribution in [1.29, 1.82) is 0 Å². The van der Waals surface area contributed by atoms with Gasteiger partial charge in [0.05, 0.1) is 21.3 Å². The molecule has 1 N–H and O–H groups in total. The molecule has 0 unspecified atom stereocenters. The average molecular weight is 393 g/mol. The Kier molecular flexibility index (Phi) is 5.02. The molecular formula is C18H17ClN2O4S. The molecule has 26 heavy (non-hydrogen) atoms. The molecule has 8 heteroatoms. The van der Waals surface area contributed by atoms with Crippen molar-refractivity contribution in [2.45, 2.75) is 24.7 Å². The van der Waals surface area contributed by atoms with Crippen LogP contribution in [0.2, 0.25) is 5.02 Å². The minimum absolute atomic E-state index is 0.00536. The highest BCUT2D eigenvalue weighted by Gasteiger charge is 2.24. The molecule has 1 aliphatic heterocycles. The number of halogens is 1. The van der Waals surface area contributed by atoms with E-state index in [0.29, 0.717) is 34.9 Å². The predicted octanol–water partition coefficient (Wildman–Crippen LogP) is 3.47. The monoisotopic (exact) mass is 392 g/mol. The Morgan fingerprint density at radius 1 is 1.15 bits per heavy atom. The summed E-state index contributed by atoms with van der Waals surface area (Å²) >= 11 is 6.24. The first kappa shape index (κ1) is 18.4. The quantitative estimate of drug-likeness (QED) is 0.789. The molecule has 0 aliphatic carbocycles. The van der Waals surface area contributed by atoms with Crippen LogP contribution in [0.5, 0.6) is 0 Å². The van der Waals surface area contributed by atoms with Crippen LogP contribution in [0, 0.1) is 0 Å². The number of ketones is 1. The minimum atomic E-state index is -3.82. The molecule has 0 bridgehead atoms. The lowest BCUT2D eigenvalue weighted by atomic mass is 10.2. The fraction of sp³-hybridized carbons (Fsp3) is 0.222. The lowest BCUT2D eigenvalue weighted by Gasteiger charge is -2.18. The SMILES string of the molecule is CC(=O)c1ccc(S(=O)(=O)Nc2ccc(N3CCCC3=O)c(Cl)c2)cc1. The van der Waals surface area contributed by atoms with Gasteiger partial charge in [0.1, 0.15) is 0 Å². The van der Waals surface area contributed by atoms with Crippen LogP contribution in [-0.2, 0) is 14.8 Å². The van der Waals surface area contributed by atoms with E-state index in [2.05, 4.69) is 4.72 Å². The number of carbonyl (C=O) groups is 2. The van der Waals surface area contributed by atoms with E-state index in [1.54, 1.807) is 17.0 Å². The summed E-state index contributed by atoms with van der Waals surface area (Å²) in [5.41, 5.74) is 1.30. The van der Waals surface area contributed by atoms with Crippen molar-refractivity contribution in [1.82, 2.24) is 0 Å². The van der Waals surface area contributed by atoms with E-state index in [1.165, 1.54) is 37.3 Å². The fourth-order valence-corrected chi connectivity index (χ4v) is 4.11. The van der Waals surface area contributed by atoms with E-state index in [0.717, 1.165) is 6.42 Å². The third kappa shape index (κ3) is 3.73. The van der Waals surface area contributed by atoms with Crippen LogP contribution in [0.15, 0.2) is 47.4 Å². The van der Waals surface area contributed by atoms with E-state index >= 15 is 0 Å². The maximum atomic E-state index is 12.5. The van der Waals surface area contributed by atoms with Crippen molar-refractivity contribution in [3.05, 3.63) is 53.1 Å². The van der Waals surface area contributed by atoms with Crippen LogP contribution >= 0.6 is 11.6 Å². The fourth-order valence-electron chi connectivity index (χ4n) is 2.78. The molecule has 0 atom stereocenters. The number of hydrogen-bond donors (Lipinski definition) is 1. The molecule has 0 saturated carbocycles. The largest absolute Gasteiger partial charge is 0.311 e. The van der Waals surface area contributed by atoms with Crippen LogP contribution in [-0.4, -0.2) is 26.7 Å². The van der Waals surface area contributed by atoms with Crippen LogP contribution in [0.3, 0.4) is 0 Å². The van der Waals surface area contributed by atoms with Gasteiger partial charge in [0, 0.05) is 18.5 Å². The van der Waals surface area contributed by atoms with Gasteiger partial charge in [0.2, 0.25) is 5.91 Å². The number of anilines is 2. The van der Waals surface area contributed by atoms with Crippen molar-refractivity contribution in [2.75, 3.05) is 16.2 Å². The second-order valence-corrected chi connectivity index (χ2v) is 8.09. The van der Waals surface area contributed by atoms with Gasteiger partial charge in [-0.3, -0.25) is 14.3 Å². The Hall–Kier alpha value is -2.38. The van der Waals surface area contributed by atoms with Gasteiger partial charge in [-0.25, -0.2) is 8.42 Å². The van der Waals surface area contributed by atoms with E-state index in [9.17, 15) is 18.0 Å². The lowest BCUT2D eigenvalue weighted by molar-refractivity contribution is -0.117. The second-order valence-electron chi connectivity index (χ2n) is 6.00.